The summed E-state index contributed by atoms with van der Waals surface area (Å²) in [6.45, 7) is 3.06. The second kappa shape index (κ2) is 10.0. The van der Waals surface area contributed by atoms with Crippen LogP contribution >= 0.6 is 0 Å². The van der Waals surface area contributed by atoms with Gasteiger partial charge in [-0.1, -0.05) is 11.6 Å². The first-order chi connectivity index (χ1) is 19.8. The SMILES string of the molecule is C[C@H](Oc1nc(-c2onc3c2CCC[C@@]32CCCCC2=O)nc2c1n(C)c(=O)n2[C@H]1CCC[C@@H]1O)[C@@H]1CCCN1C. The van der Waals surface area contributed by atoms with Gasteiger partial charge in [-0.25, -0.2) is 9.78 Å². The number of imidazole rings is 1. The van der Waals surface area contributed by atoms with Crippen molar-refractivity contribution in [1.82, 2.24) is 29.2 Å². The number of aromatic nitrogens is 5. The molecule has 1 spiro atoms. The summed E-state index contributed by atoms with van der Waals surface area (Å²) in [5, 5.41) is 15.3. The van der Waals surface area contributed by atoms with Gasteiger partial charge in [0.25, 0.3) is 0 Å². The Morgan fingerprint density at radius 2 is 1.85 bits per heavy atom. The molecule has 2 saturated carbocycles. The van der Waals surface area contributed by atoms with Crippen LogP contribution in [0.15, 0.2) is 9.32 Å². The van der Waals surface area contributed by atoms with E-state index in [9.17, 15) is 14.7 Å². The number of carbonyl (C=O) groups excluding carboxylic acids is 1. The van der Waals surface area contributed by atoms with E-state index < -0.39 is 11.5 Å². The lowest BCUT2D eigenvalue weighted by Crippen LogP contribution is -2.41. The monoisotopic (exact) mass is 564 g/mol. The molecule has 3 aromatic rings. The van der Waals surface area contributed by atoms with Crippen molar-refractivity contribution in [2.24, 2.45) is 7.05 Å². The molecule has 1 aliphatic heterocycles. The molecular weight excluding hydrogens is 524 g/mol. The third kappa shape index (κ3) is 4.10. The van der Waals surface area contributed by atoms with Crippen LogP contribution in [0.4, 0.5) is 0 Å². The minimum atomic E-state index is -0.623. The molecule has 0 bridgehead atoms. The molecule has 1 N–H and O–H groups in total. The number of nitrogens with zero attached hydrogens (tertiary/aromatic N) is 6. The Hall–Kier alpha value is -3.05. The first-order valence-corrected chi connectivity index (χ1v) is 15.4. The van der Waals surface area contributed by atoms with Gasteiger partial charge < -0.3 is 14.4 Å². The maximum absolute atomic E-state index is 13.6. The van der Waals surface area contributed by atoms with Crippen LogP contribution in [0, 0.1) is 0 Å². The predicted octanol–water partition coefficient (Wildman–Crippen LogP) is 3.45. The first-order valence-electron chi connectivity index (χ1n) is 15.4. The lowest BCUT2D eigenvalue weighted by atomic mass is 9.64. The summed E-state index contributed by atoms with van der Waals surface area (Å²) in [7, 11) is 3.81. The van der Waals surface area contributed by atoms with E-state index in [0.29, 0.717) is 47.9 Å². The fourth-order valence-corrected chi connectivity index (χ4v) is 8.10. The number of aliphatic hydroxyl groups is 1. The Morgan fingerprint density at radius 3 is 2.59 bits per heavy atom. The van der Waals surface area contributed by atoms with E-state index in [4.69, 9.17) is 19.2 Å². The maximum Gasteiger partial charge on any atom is 0.330 e. The lowest BCUT2D eigenvalue weighted by molar-refractivity contribution is -0.127. The molecule has 4 aliphatic rings. The minimum Gasteiger partial charge on any atom is -0.471 e. The standard InChI is InChI=1S/C30H40N6O5/c1-17(19-11-8-16-34(19)2)40-28-23-27(36(29(39)35(23)3)20-10-6-12-21(20)37)31-26(32-28)24-18-9-7-15-30(25(18)33-41-24)14-5-4-13-22(30)38/h17,19-21,37H,4-16H2,1-3H3/t17-,19-,20-,21-,30+/m0/s1. The molecule has 0 amide bonds. The zero-order chi connectivity index (χ0) is 28.5. The molecule has 11 heteroatoms. The molecule has 5 atom stereocenters. The maximum atomic E-state index is 13.6. The van der Waals surface area contributed by atoms with Gasteiger partial charge in [0.05, 0.1) is 17.6 Å². The van der Waals surface area contributed by atoms with Crippen molar-refractivity contribution in [2.75, 3.05) is 13.6 Å². The van der Waals surface area contributed by atoms with Crippen LogP contribution in [0.25, 0.3) is 22.7 Å². The number of fused-ring (bicyclic) bond motifs is 3. The van der Waals surface area contributed by atoms with Crippen LogP contribution in [0.2, 0.25) is 0 Å². The van der Waals surface area contributed by atoms with Crippen molar-refractivity contribution >= 4 is 16.9 Å². The van der Waals surface area contributed by atoms with Crippen LogP contribution in [0.3, 0.4) is 0 Å². The Kier molecular flexibility index (Phi) is 6.57. The summed E-state index contributed by atoms with van der Waals surface area (Å²) in [6.07, 6.45) is 9.22. The Balaban J connectivity index is 1.40. The molecule has 1 saturated heterocycles. The van der Waals surface area contributed by atoms with Crippen LogP contribution in [-0.2, 0) is 23.7 Å². The highest BCUT2D eigenvalue weighted by atomic mass is 16.5. The van der Waals surface area contributed by atoms with Gasteiger partial charge in [0, 0.05) is 25.1 Å². The number of carbonyl (C=O) groups is 1. The van der Waals surface area contributed by atoms with E-state index in [1.54, 1.807) is 11.6 Å². The average molecular weight is 565 g/mol. The van der Waals surface area contributed by atoms with Crippen molar-refractivity contribution < 1.29 is 19.2 Å². The van der Waals surface area contributed by atoms with Gasteiger partial charge in [-0.15, -0.1) is 0 Å². The second-order valence-corrected chi connectivity index (χ2v) is 12.7. The van der Waals surface area contributed by atoms with Crippen molar-refractivity contribution in [3.8, 4) is 17.5 Å². The molecule has 0 aromatic carbocycles. The fourth-order valence-electron chi connectivity index (χ4n) is 8.10. The van der Waals surface area contributed by atoms with E-state index in [1.807, 2.05) is 6.92 Å². The first kappa shape index (κ1) is 26.8. The van der Waals surface area contributed by atoms with Gasteiger partial charge in [0.2, 0.25) is 17.5 Å². The second-order valence-electron chi connectivity index (χ2n) is 12.7. The van der Waals surface area contributed by atoms with E-state index in [1.165, 1.54) is 4.57 Å². The summed E-state index contributed by atoms with van der Waals surface area (Å²) < 4.78 is 15.7. The molecule has 3 fully saturated rings. The van der Waals surface area contributed by atoms with Crippen molar-refractivity contribution in [2.45, 2.75) is 114 Å². The highest BCUT2D eigenvalue weighted by molar-refractivity contribution is 5.91. The number of rotatable bonds is 5. The van der Waals surface area contributed by atoms with Gasteiger partial charge in [0.15, 0.2) is 11.2 Å². The molecule has 4 heterocycles. The number of likely N-dealkylation sites (tertiary alicyclic amines) is 1. The molecule has 220 valence electrons. The van der Waals surface area contributed by atoms with Gasteiger partial charge in [-0.3, -0.25) is 18.8 Å². The number of Topliss-reactive ketones (excluding diaryl/α,β-unsaturated/α-hetero) is 1. The molecular formula is C30H40N6O5. The van der Waals surface area contributed by atoms with E-state index >= 15 is 0 Å². The quantitative estimate of drug-likeness (QED) is 0.495. The highest BCUT2D eigenvalue weighted by Gasteiger charge is 2.48. The molecule has 0 radical (unpaired) electrons. The average Bonchev–Trinajstić information content (AvgIpc) is 3.74. The number of likely N-dealkylation sites (N-methyl/N-ethyl adjacent to an activating group) is 1. The van der Waals surface area contributed by atoms with E-state index in [2.05, 4.69) is 17.1 Å². The predicted molar refractivity (Wildman–Crippen MR) is 151 cm³/mol. The van der Waals surface area contributed by atoms with Gasteiger partial charge >= 0.3 is 5.69 Å². The molecule has 3 aromatic heterocycles. The topological polar surface area (TPSA) is 129 Å². The lowest BCUT2D eigenvalue weighted by Gasteiger charge is -2.37. The number of hydrogen-bond donors (Lipinski definition) is 1. The third-order valence-electron chi connectivity index (χ3n) is 10.3. The van der Waals surface area contributed by atoms with Crippen LogP contribution in [-0.4, -0.2) is 71.9 Å². The number of aryl methyl sites for hydroxylation is 1. The van der Waals surface area contributed by atoms with Crippen LogP contribution in [0.1, 0.15) is 94.9 Å². The summed E-state index contributed by atoms with van der Waals surface area (Å²) in [5.74, 6) is 1.34. The zero-order valence-electron chi connectivity index (χ0n) is 24.3. The largest absolute Gasteiger partial charge is 0.471 e. The summed E-state index contributed by atoms with van der Waals surface area (Å²) in [4.78, 5) is 39.0. The summed E-state index contributed by atoms with van der Waals surface area (Å²) in [5.41, 5.74) is 1.75. The van der Waals surface area contributed by atoms with Gasteiger partial charge in [0.1, 0.15) is 17.6 Å². The van der Waals surface area contributed by atoms with E-state index in [-0.39, 0.29) is 29.7 Å². The minimum absolute atomic E-state index is 0.171. The van der Waals surface area contributed by atoms with Crippen LogP contribution < -0.4 is 10.4 Å². The van der Waals surface area contributed by atoms with Crippen LogP contribution in [0.5, 0.6) is 5.88 Å². The Morgan fingerprint density at radius 1 is 1.02 bits per heavy atom. The molecule has 3 aliphatic carbocycles. The van der Waals surface area contributed by atoms with E-state index in [0.717, 1.165) is 75.6 Å². The number of aliphatic hydroxyl groups excluding tert-OH is 1. The number of ether oxygens (including phenoxy) is 1. The molecule has 7 rings (SSSR count). The smallest absolute Gasteiger partial charge is 0.330 e. The Labute approximate surface area is 238 Å². The van der Waals surface area contributed by atoms with Crippen molar-refractivity contribution in [3.63, 3.8) is 0 Å². The highest BCUT2D eigenvalue weighted by Crippen LogP contribution is 2.47. The summed E-state index contributed by atoms with van der Waals surface area (Å²) in [6, 6.07) is -0.138. The molecule has 0 unspecified atom stereocenters. The molecule has 41 heavy (non-hydrogen) atoms. The number of hydrogen-bond acceptors (Lipinski definition) is 9. The summed E-state index contributed by atoms with van der Waals surface area (Å²) >= 11 is 0. The molecule has 11 nitrogen and oxygen atoms in total. The normalized spacial score (nSPS) is 29.5. The fraction of sp³-hybridized carbons (Fsp3) is 0.700. The Bertz CT molecular complexity index is 1560. The zero-order valence-corrected chi connectivity index (χ0v) is 24.3. The number of ketones is 1. The third-order valence-corrected chi connectivity index (χ3v) is 10.3. The van der Waals surface area contributed by atoms with Gasteiger partial charge in [-0.2, -0.15) is 4.98 Å². The van der Waals surface area contributed by atoms with Crippen molar-refractivity contribution in [1.29, 1.82) is 0 Å². The van der Waals surface area contributed by atoms with Crippen molar-refractivity contribution in [3.05, 3.63) is 21.7 Å². The van der Waals surface area contributed by atoms with Gasteiger partial charge in [-0.05, 0) is 84.7 Å².